The Kier molecular flexibility index (Phi) is 5.87. The van der Waals surface area contributed by atoms with E-state index in [9.17, 15) is 9.59 Å². The third kappa shape index (κ3) is 4.17. The molecule has 162 valence electrons. The molecule has 0 spiro atoms. The zero-order valence-electron chi connectivity index (χ0n) is 18.1. The fourth-order valence-electron chi connectivity index (χ4n) is 3.56. The van der Waals surface area contributed by atoms with Crippen molar-refractivity contribution in [2.45, 2.75) is 20.8 Å². The summed E-state index contributed by atoms with van der Waals surface area (Å²) in [5, 5.41) is 6.63. The molecule has 4 aromatic rings. The van der Waals surface area contributed by atoms with Crippen molar-refractivity contribution in [2.75, 3.05) is 17.7 Å². The van der Waals surface area contributed by atoms with Crippen LogP contribution < -0.4 is 15.4 Å². The Bertz CT molecular complexity index is 1350. The van der Waals surface area contributed by atoms with Gasteiger partial charge in [0.05, 0.1) is 23.2 Å². The first-order chi connectivity index (χ1) is 15.4. The highest BCUT2D eigenvalue weighted by Gasteiger charge is 2.20. The van der Waals surface area contributed by atoms with Gasteiger partial charge < -0.3 is 15.4 Å². The molecular formula is C24H22N4O3S. The van der Waals surface area contributed by atoms with Crippen molar-refractivity contribution >= 4 is 44.7 Å². The van der Waals surface area contributed by atoms with E-state index in [4.69, 9.17) is 4.74 Å². The molecule has 2 N–H and O–H groups in total. The Morgan fingerprint density at radius 2 is 1.72 bits per heavy atom. The van der Waals surface area contributed by atoms with E-state index in [-0.39, 0.29) is 11.8 Å². The Morgan fingerprint density at radius 3 is 2.50 bits per heavy atom. The number of benzene rings is 2. The molecule has 0 fully saturated rings. The molecule has 2 heterocycles. The highest BCUT2D eigenvalue weighted by molar-refractivity contribution is 7.20. The monoisotopic (exact) mass is 446 g/mol. The van der Waals surface area contributed by atoms with Gasteiger partial charge in [-0.1, -0.05) is 18.2 Å². The van der Waals surface area contributed by atoms with Crippen LogP contribution in [0.1, 0.15) is 37.1 Å². The summed E-state index contributed by atoms with van der Waals surface area (Å²) >= 11 is 1.32. The molecule has 0 aliphatic heterocycles. The lowest BCUT2D eigenvalue weighted by Gasteiger charge is -2.12. The summed E-state index contributed by atoms with van der Waals surface area (Å²) in [5.74, 6) is 0.685. The summed E-state index contributed by atoms with van der Waals surface area (Å²) in [5.41, 5.74) is 3.06. The normalized spacial score (nSPS) is 10.8. The van der Waals surface area contributed by atoms with E-state index in [2.05, 4.69) is 20.6 Å². The Morgan fingerprint density at radius 1 is 0.938 bits per heavy atom. The zero-order valence-corrected chi connectivity index (χ0v) is 19.0. The number of carbonyl (C=O) groups is 2. The molecule has 0 aliphatic rings. The van der Waals surface area contributed by atoms with E-state index in [1.165, 1.54) is 11.3 Å². The molecule has 4 rings (SSSR count). The minimum absolute atomic E-state index is 0.288. The lowest BCUT2D eigenvalue weighted by atomic mass is 10.1. The zero-order chi connectivity index (χ0) is 22.8. The molecule has 0 saturated carbocycles. The van der Waals surface area contributed by atoms with Gasteiger partial charge in [0.1, 0.15) is 16.4 Å². The van der Waals surface area contributed by atoms with Gasteiger partial charge in [-0.2, -0.15) is 0 Å². The number of amides is 2. The van der Waals surface area contributed by atoms with Gasteiger partial charge in [0.2, 0.25) is 0 Å². The number of hydrogen-bond donors (Lipinski definition) is 2. The van der Waals surface area contributed by atoms with Crippen LogP contribution in [0.25, 0.3) is 10.2 Å². The standard InChI is InChI=1S/C24H22N4O3S/c1-13-20-14(2)25-15(3)26-24(20)32-21(13)23(30)28-19-11-6-5-10-18(19)22(29)27-16-8-7-9-17(12-16)31-4/h5-12H,1-4H3,(H,27,29)(H,28,30). The van der Waals surface area contributed by atoms with Crippen molar-refractivity contribution in [1.29, 1.82) is 0 Å². The smallest absolute Gasteiger partial charge is 0.266 e. The van der Waals surface area contributed by atoms with Gasteiger partial charge in [-0.3, -0.25) is 9.59 Å². The van der Waals surface area contributed by atoms with Crippen molar-refractivity contribution in [3.63, 3.8) is 0 Å². The van der Waals surface area contributed by atoms with Gasteiger partial charge in [0, 0.05) is 22.8 Å². The van der Waals surface area contributed by atoms with Crippen molar-refractivity contribution in [3.8, 4) is 5.75 Å². The molecular weight excluding hydrogens is 424 g/mol. The quantitative estimate of drug-likeness (QED) is 0.443. The fourth-order valence-corrected chi connectivity index (χ4v) is 4.73. The molecule has 0 aliphatic carbocycles. The lowest BCUT2D eigenvalue weighted by molar-refractivity contribution is 0.102. The van der Waals surface area contributed by atoms with Crippen molar-refractivity contribution in [1.82, 2.24) is 9.97 Å². The van der Waals surface area contributed by atoms with Crippen LogP contribution in [0.3, 0.4) is 0 Å². The van der Waals surface area contributed by atoms with Gasteiger partial charge in [0.15, 0.2) is 0 Å². The minimum Gasteiger partial charge on any atom is -0.497 e. The fraction of sp³-hybridized carbons (Fsp3) is 0.167. The van der Waals surface area contributed by atoms with Crippen LogP contribution in [-0.4, -0.2) is 28.9 Å². The number of nitrogens with one attached hydrogen (secondary N) is 2. The van der Waals surface area contributed by atoms with E-state index < -0.39 is 0 Å². The van der Waals surface area contributed by atoms with Crippen LogP contribution in [0.5, 0.6) is 5.75 Å². The second-order valence-corrected chi connectivity index (χ2v) is 8.28. The maximum atomic E-state index is 13.1. The average molecular weight is 447 g/mol. The summed E-state index contributed by atoms with van der Waals surface area (Å²) < 4.78 is 5.20. The van der Waals surface area contributed by atoms with E-state index in [0.717, 1.165) is 21.5 Å². The third-order valence-corrected chi connectivity index (χ3v) is 6.22. The van der Waals surface area contributed by atoms with E-state index in [1.54, 1.807) is 55.6 Å². The summed E-state index contributed by atoms with van der Waals surface area (Å²) in [6.45, 7) is 5.63. The van der Waals surface area contributed by atoms with Gasteiger partial charge in [-0.25, -0.2) is 9.97 Å². The number of methoxy groups -OCH3 is 1. The number of rotatable bonds is 5. The Balaban J connectivity index is 1.61. The largest absolute Gasteiger partial charge is 0.497 e. The number of fused-ring (bicyclic) bond motifs is 1. The molecule has 0 atom stereocenters. The molecule has 2 aromatic carbocycles. The first kappa shape index (κ1) is 21.5. The SMILES string of the molecule is COc1cccc(NC(=O)c2ccccc2NC(=O)c2sc3nc(C)nc(C)c3c2C)c1. The van der Waals surface area contributed by atoms with Crippen LogP contribution in [0.2, 0.25) is 0 Å². The maximum Gasteiger partial charge on any atom is 0.266 e. The number of ether oxygens (including phenoxy) is 1. The molecule has 2 amide bonds. The first-order valence-corrected chi connectivity index (χ1v) is 10.8. The lowest BCUT2D eigenvalue weighted by Crippen LogP contribution is -2.18. The van der Waals surface area contributed by atoms with Crippen LogP contribution in [0, 0.1) is 20.8 Å². The number of aromatic nitrogens is 2. The number of thiophene rings is 1. The molecule has 0 bridgehead atoms. The second kappa shape index (κ2) is 8.76. The Hall–Kier alpha value is -3.78. The highest BCUT2D eigenvalue weighted by Crippen LogP contribution is 2.32. The predicted molar refractivity (Wildman–Crippen MR) is 127 cm³/mol. The molecule has 0 radical (unpaired) electrons. The predicted octanol–water partition coefficient (Wildman–Crippen LogP) is 5.13. The van der Waals surface area contributed by atoms with Crippen LogP contribution >= 0.6 is 11.3 Å². The molecule has 0 unspecified atom stereocenters. The number of para-hydroxylation sites is 1. The maximum absolute atomic E-state index is 13.1. The summed E-state index contributed by atoms with van der Waals surface area (Å²) in [6.07, 6.45) is 0. The number of aryl methyl sites for hydroxylation is 3. The molecule has 0 saturated heterocycles. The molecule has 7 nitrogen and oxygen atoms in total. The van der Waals surface area contributed by atoms with Crippen molar-refractivity contribution in [3.05, 3.63) is 76.1 Å². The van der Waals surface area contributed by atoms with Gasteiger partial charge in [-0.15, -0.1) is 11.3 Å². The number of carbonyl (C=O) groups excluding carboxylic acids is 2. The Labute approximate surface area is 189 Å². The van der Waals surface area contributed by atoms with Crippen LogP contribution in [0.15, 0.2) is 48.5 Å². The van der Waals surface area contributed by atoms with Gasteiger partial charge in [-0.05, 0) is 50.6 Å². The summed E-state index contributed by atoms with van der Waals surface area (Å²) in [4.78, 5) is 36.2. The van der Waals surface area contributed by atoms with E-state index >= 15 is 0 Å². The molecule has 2 aromatic heterocycles. The first-order valence-electron chi connectivity index (χ1n) is 9.97. The van der Waals surface area contributed by atoms with Gasteiger partial charge >= 0.3 is 0 Å². The van der Waals surface area contributed by atoms with Gasteiger partial charge in [0.25, 0.3) is 11.8 Å². The minimum atomic E-state index is -0.334. The number of hydrogen-bond acceptors (Lipinski definition) is 6. The van der Waals surface area contributed by atoms with E-state index in [1.807, 2.05) is 20.8 Å². The van der Waals surface area contributed by atoms with Crippen LogP contribution in [0.4, 0.5) is 11.4 Å². The van der Waals surface area contributed by atoms with Crippen molar-refractivity contribution in [2.24, 2.45) is 0 Å². The number of anilines is 2. The average Bonchev–Trinajstić information content (AvgIpc) is 3.10. The molecule has 32 heavy (non-hydrogen) atoms. The van der Waals surface area contributed by atoms with E-state index in [0.29, 0.717) is 33.4 Å². The number of nitrogens with zero attached hydrogens (tertiary/aromatic N) is 2. The van der Waals surface area contributed by atoms with Crippen molar-refractivity contribution < 1.29 is 14.3 Å². The highest BCUT2D eigenvalue weighted by atomic mass is 32.1. The molecule has 8 heteroatoms. The third-order valence-electron chi connectivity index (χ3n) is 5.04. The van der Waals surface area contributed by atoms with Crippen LogP contribution in [-0.2, 0) is 0 Å². The summed E-state index contributed by atoms with van der Waals surface area (Å²) in [7, 11) is 1.57. The second-order valence-electron chi connectivity index (χ2n) is 7.28. The topological polar surface area (TPSA) is 93.2 Å². The summed E-state index contributed by atoms with van der Waals surface area (Å²) in [6, 6.07) is 14.0.